The number of H-pyrrole nitrogens is 1. The predicted molar refractivity (Wildman–Crippen MR) is 75.3 cm³/mol. The lowest BCUT2D eigenvalue weighted by atomic mass is 10.1. The number of hydrogen-bond donors (Lipinski definition) is 1. The van der Waals surface area contributed by atoms with Gasteiger partial charge in [0.15, 0.2) is 0 Å². The summed E-state index contributed by atoms with van der Waals surface area (Å²) in [6, 6.07) is 10.7. The normalized spacial score (nSPS) is 10.3. The van der Waals surface area contributed by atoms with Crippen LogP contribution < -0.4 is 10.3 Å². The molecule has 2 aromatic rings. The molecule has 0 unspecified atom stereocenters. The smallest absolute Gasteiger partial charge is 0.282 e. The maximum Gasteiger partial charge on any atom is 0.282 e. The number of aromatic amines is 1. The summed E-state index contributed by atoms with van der Waals surface area (Å²) in [5, 5.41) is 15.1. The first-order valence-electron chi connectivity index (χ1n) is 6.33. The number of hydrogen-bond acceptors (Lipinski definition) is 4. The molecule has 0 radical (unpaired) electrons. The largest absolute Gasteiger partial charge is 0.493 e. The second-order valence-electron chi connectivity index (χ2n) is 4.84. The molecule has 2 rings (SSSR count). The molecule has 0 fully saturated rings. The van der Waals surface area contributed by atoms with E-state index in [-0.39, 0.29) is 5.56 Å². The van der Waals surface area contributed by atoms with Gasteiger partial charge in [-0.15, -0.1) is 0 Å². The van der Waals surface area contributed by atoms with Crippen molar-refractivity contribution in [3.05, 3.63) is 46.2 Å². The zero-order valence-electron chi connectivity index (χ0n) is 11.4. The Morgan fingerprint density at radius 3 is 2.90 bits per heavy atom. The highest BCUT2D eigenvalue weighted by atomic mass is 16.5. The Balaban J connectivity index is 2.31. The van der Waals surface area contributed by atoms with Gasteiger partial charge in [-0.2, -0.15) is 10.4 Å². The van der Waals surface area contributed by atoms with Gasteiger partial charge in [0.2, 0.25) is 0 Å². The molecule has 102 valence electrons. The molecule has 1 heterocycles. The van der Waals surface area contributed by atoms with Gasteiger partial charge in [-0.05, 0) is 24.1 Å². The average Bonchev–Trinajstić information content (AvgIpc) is 2.46. The van der Waals surface area contributed by atoms with Crippen LogP contribution in [0, 0.1) is 17.2 Å². The van der Waals surface area contributed by atoms with Crippen LogP contribution in [0.3, 0.4) is 0 Å². The van der Waals surface area contributed by atoms with Crippen LogP contribution in [-0.2, 0) is 0 Å². The molecule has 1 aromatic heterocycles. The molecule has 1 N–H and O–H groups in total. The van der Waals surface area contributed by atoms with Crippen molar-refractivity contribution in [1.29, 1.82) is 5.26 Å². The molecule has 0 aliphatic carbocycles. The van der Waals surface area contributed by atoms with E-state index in [0.29, 0.717) is 18.2 Å². The topological polar surface area (TPSA) is 78.8 Å². The van der Waals surface area contributed by atoms with Crippen LogP contribution in [-0.4, -0.2) is 16.8 Å². The molecule has 0 aliphatic heterocycles. The van der Waals surface area contributed by atoms with Crippen molar-refractivity contribution in [2.45, 2.75) is 13.8 Å². The van der Waals surface area contributed by atoms with E-state index >= 15 is 0 Å². The van der Waals surface area contributed by atoms with Crippen LogP contribution in [0.4, 0.5) is 0 Å². The highest BCUT2D eigenvalue weighted by Gasteiger charge is 2.06. The molecular weight excluding hydrogens is 254 g/mol. The summed E-state index contributed by atoms with van der Waals surface area (Å²) >= 11 is 0. The van der Waals surface area contributed by atoms with Gasteiger partial charge < -0.3 is 4.74 Å². The Morgan fingerprint density at radius 1 is 1.40 bits per heavy atom. The van der Waals surface area contributed by atoms with Crippen molar-refractivity contribution in [3.8, 4) is 23.1 Å². The molecule has 20 heavy (non-hydrogen) atoms. The first kappa shape index (κ1) is 13.8. The molecule has 1 aromatic carbocycles. The molecule has 0 saturated heterocycles. The van der Waals surface area contributed by atoms with Gasteiger partial charge in [-0.1, -0.05) is 26.0 Å². The summed E-state index contributed by atoms with van der Waals surface area (Å²) in [5.41, 5.74) is 0.891. The molecule has 5 nitrogen and oxygen atoms in total. The Kier molecular flexibility index (Phi) is 4.16. The van der Waals surface area contributed by atoms with Crippen LogP contribution in [0.2, 0.25) is 0 Å². The van der Waals surface area contributed by atoms with E-state index in [2.05, 4.69) is 24.0 Å². The lowest BCUT2D eigenvalue weighted by Crippen LogP contribution is -2.12. The van der Waals surface area contributed by atoms with E-state index < -0.39 is 5.56 Å². The molecule has 0 saturated carbocycles. The third kappa shape index (κ3) is 3.23. The van der Waals surface area contributed by atoms with Crippen molar-refractivity contribution >= 4 is 0 Å². The Hall–Kier alpha value is -2.61. The molecule has 0 spiro atoms. The van der Waals surface area contributed by atoms with Gasteiger partial charge in [0.25, 0.3) is 5.56 Å². The third-order valence-corrected chi connectivity index (χ3v) is 2.64. The van der Waals surface area contributed by atoms with Gasteiger partial charge in [-0.3, -0.25) is 4.79 Å². The van der Waals surface area contributed by atoms with Crippen molar-refractivity contribution in [2.75, 3.05) is 6.61 Å². The minimum Gasteiger partial charge on any atom is -0.493 e. The fourth-order valence-electron chi connectivity index (χ4n) is 1.64. The Morgan fingerprint density at radius 2 is 2.20 bits per heavy atom. The Bertz CT molecular complexity index is 699. The summed E-state index contributed by atoms with van der Waals surface area (Å²) in [5.74, 6) is 1.18. The fraction of sp³-hybridized carbons (Fsp3) is 0.267. The Labute approximate surface area is 116 Å². The number of nitriles is 1. The van der Waals surface area contributed by atoms with Crippen molar-refractivity contribution in [3.63, 3.8) is 0 Å². The van der Waals surface area contributed by atoms with Crippen LogP contribution in [0.25, 0.3) is 11.3 Å². The zero-order chi connectivity index (χ0) is 14.5. The van der Waals surface area contributed by atoms with E-state index in [1.807, 2.05) is 30.3 Å². The van der Waals surface area contributed by atoms with E-state index in [9.17, 15) is 4.79 Å². The quantitative estimate of drug-likeness (QED) is 0.924. The maximum absolute atomic E-state index is 11.3. The van der Waals surface area contributed by atoms with Gasteiger partial charge in [-0.25, -0.2) is 5.10 Å². The van der Waals surface area contributed by atoms with Crippen LogP contribution in [0.5, 0.6) is 5.75 Å². The molecule has 0 amide bonds. The molecule has 0 atom stereocenters. The molecule has 5 heteroatoms. The van der Waals surface area contributed by atoms with E-state index in [0.717, 1.165) is 11.3 Å². The monoisotopic (exact) mass is 269 g/mol. The second-order valence-corrected chi connectivity index (χ2v) is 4.84. The van der Waals surface area contributed by atoms with E-state index in [1.54, 1.807) is 0 Å². The summed E-state index contributed by atoms with van der Waals surface area (Å²) in [6.07, 6.45) is 0. The SMILES string of the molecule is CC(C)COc1cccc(-c2cc(C#N)c(=O)[nH]n2)c1. The highest BCUT2D eigenvalue weighted by molar-refractivity contribution is 5.61. The summed E-state index contributed by atoms with van der Waals surface area (Å²) in [7, 11) is 0. The zero-order valence-corrected chi connectivity index (χ0v) is 11.4. The minimum atomic E-state index is -0.483. The number of ether oxygens (including phenoxy) is 1. The summed E-state index contributed by atoms with van der Waals surface area (Å²) in [6.45, 7) is 4.78. The van der Waals surface area contributed by atoms with E-state index in [4.69, 9.17) is 10.00 Å². The van der Waals surface area contributed by atoms with Crippen LogP contribution in [0.1, 0.15) is 19.4 Å². The minimum absolute atomic E-state index is 0.0449. The molecular formula is C15H15N3O2. The first-order chi connectivity index (χ1) is 9.60. The summed E-state index contributed by atoms with van der Waals surface area (Å²) in [4.78, 5) is 11.3. The lowest BCUT2D eigenvalue weighted by Gasteiger charge is -2.09. The van der Waals surface area contributed by atoms with Gasteiger partial charge >= 0.3 is 0 Å². The number of nitrogens with one attached hydrogen (secondary N) is 1. The second kappa shape index (κ2) is 6.02. The van der Waals surface area contributed by atoms with Gasteiger partial charge in [0, 0.05) is 5.56 Å². The predicted octanol–water partition coefficient (Wildman–Crippen LogP) is 2.34. The van der Waals surface area contributed by atoms with Crippen LogP contribution >= 0.6 is 0 Å². The van der Waals surface area contributed by atoms with Crippen molar-refractivity contribution in [1.82, 2.24) is 10.2 Å². The van der Waals surface area contributed by atoms with Gasteiger partial charge in [0.05, 0.1) is 12.3 Å². The third-order valence-electron chi connectivity index (χ3n) is 2.64. The number of benzene rings is 1. The standard InChI is InChI=1S/C15H15N3O2/c1-10(2)9-20-13-5-3-4-11(6-13)14-7-12(8-16)15(19)18-17-14/h3-7,10H,9H2,1-2H3,(H,18,19). The van der Waals surface area contributed by atoms with Crippen molar-refractivity contribution in [2.24, 2.45) is 5.92 Å². The maximum atomic E-state index is 11.3. The van der Waals surface area contributed by atoms with Gasteiger partial charge in [0.1, 0.15) is 17.4 Å². The number of nitrogens with zero attached hydrogens (tertiary/aromatic N) is 2. The molecule has 0 aliphatic rings. The first-order valence-corrected chi connectivity index (χ1v) is 6.33. The summed E-state index contributed by atoms with van der Waals surface area (Å²) < 4.78 is 5.65. The van der Waals surface area contributed by atoms with E-state index in [1.165, 1.54) is 6.07 Å². The average molecular weight is 269 g/mol. The van der Waals surface area contributed by atoms with Crippen molar-refractivity contribution < 1.29 is 4.74 Å². The lowest BCUT2D eigenvalue weighted by molar-refractivity contribution is 0.271. The number of rotatable bonds is 4. The fourth-order valence-corrected chi connectivity index (χ4v) is 1.64. The highest BCUT2D eigenvalue weighted by Crippen LogP contribution is 2.22. The molecule has 0 bridgehead atoms. The number of aromatic nitrogens is 2. The van der Waals surface area contributed by atoms with Crippen LogP contribution in [0.15, 0.2) is 35.1 Å².